The summed E-state index contributed by atoms with van der Waals surface area (Å²) in [5.74, 6) is -2.20. The van der Waals surface area contributed by atoms with Gasteiger partial charge >= 0.3 is 5.97 Å². The van der Waals surface area contributed by atoms with Crippen molar-refractivity contribution in [3.63, 3.8) is 0 Å². The quantitative estimate of drug-likeness (QED) is 0.213. The molecule has 14 heteroatoms. The molecule has 45 heavy (non-hydrogen) atoms. The number of aromatic nitrogens is 2. The molecule has 1 fully saturated rings. The van der Waals surface area contributed by atoms with Gasteiger partial charge in [0.15, 0.2) is 11.9 Å². The molecule has 0 unspecified atom stereocenters. The standard InChI is InChI=1S/C31H29ClF2N4O6S/c1-3-17-10-18(11-19-14-35-31(37-29(17)19)36-21-6-8-42-9-7-21)27-23(33)4-5-24(28(27)34)38-45(40,41)26-13-20(32)12-22-25(44-16(2)39)15-43-30(22)26/h4-5,10-14,21,25,38H,3,6-9,15H2,1-2H3,(H,35,36,37)/t25-/m1/s1. The normalized spacial score (nSPS) is 16.7. The summed E-state index contributed by atoms with van der Waals surface area (Å²) in [5, 5.41) is 3.94. The van der Waals surface area contributed by atoms with E-state index < -0.39 is 45.0 Å². The number of ether oxygens (including phenoxy) is 3. The average Bonchev–Trinajstić information content (AvgIpc) is 3.39. The third-order valence-electron chi connectivity index (χ3n) is 7.69. The van der Waals surface area contributed by atoms with E-state index in [4.69, 9.17) is 25.8 Å². The van der Waals surface area contributed by atoms with Crippen LogP contribution in [0.4, 0.5) is 20.4 Å². The Balaban J connectivity index is 1.35. The Bertz CT molecular complexity index is 1920. The molecule has 1 atom stereocenters. The smallest absolute Gasteiger partial charge is 0.303 e. The molecule has 0 saturated carbocycles. The number of carbonyl (C=O) groups is 1. The highest BCUT2D eigenvalue weighted by molar-refractivity contribution is 7.92. The van der Waals surface area contributed by atoms with Crippen LogP contribution in [0.2, 0.25) is 5.02 Å². The van der Waals surface area contributed by atoms with Crippen LogP contribution in [0.1, 0.15) is 43.9 Å². The van der Waals surface area contributed by atoms with Gasteiger partial charge in [-0.3, -0.25) is 9.52 Å². The van der Waals surface area contributed by atoms with Gasteiger partial charge in [-0.05, 0) is 66.8 Å². The minimum atomic E-state index is -4.51. The van der Waals surface area contributed by atoms with Crippen LogP contribution < -0.4 is 14.8 Å². The van der Waals surface area contributed by atoms with Crippen LogP contribution in [0.15, 0.2) is 47.5 Å². The highest BCUT2D eigenvalue weighted by atomic mass is 35.5. The SMILES string of the molecule is CCc1cc(-c2c(F)ccc(NS(=O)(=O)c3cc(Cl)cc4c3OC[C@H]4OC(C)=O)c2F)cc2cnc(NC3CCOCC3)nc12. The molecule has 6 rings (SSSR count). The Hall–Kier alpha value is -4.07. The molecule has 0 amide bonds. The van der Waals surface area contributed by atoms with Crippen molar-refractivity contribution in [1.82, 2.24) is 9.97 Å². The maximum atomic E-state index is 16.1. The molecule has 1 saturated heterocycles. The number of nitrogens with one attached hydrogen (secondary N) is 2. The number of sulfonamides is 1. The van der Waals surface area contributed by atoms with Crippen molar-refractivity contribution in [2.75, 3.05) is 29.9 Å². The lowest BCUT2D eigenvalue weighted by atomic mass is 9.97. The lowest BCUT2D eigenvalue weighted by Gasteiger charge is -2.23. The topological polar surface area (TPSA) is 129 Å². The minimum Gasteiger partial charge on any atom is -0.487 e. The van der Waals surface area contributed by atoms with E-state index in [1.54, 1.807) is 18.3 Å². The molecule has 4 aromatic rings. The van der Waals surface area contributed by atoms with Crippen LogP contribution in [0, 0.1) is 11.6 Å². The molecule has 0 bridgehead atoms. The van der Waals surface area contributed by atoms with Crippen molar-refractivity contribution in [2.45, 2.75) is 50.2 Å². The van der Waals surface area contributed by atoms with E-state index in [1.807, 2.05) is 6.92 Å². The third-order valence-corrected chi connectivity index (χ3v) is 9.28. The lowest BCUT2D eigenvalue weighted by Crippen LogP contribution is -2.28. The van der Waals surface area contributed by atoms with Gasteiger partial charge in [0.2, 0.25) is 5.95 Å². The highest BCUT2D eigenvalue weighted by Gasteiger charge is 2.34. The van der Waals surface area contributed by atoms with Crippen LogP contribution in [0.3, 0.4) is 0 Å². The Morgan fingerprint density at radius 2 is 1.93 bits per heavy atom. The Morgan fingerprint density at radius 3 is 2.67 bits per heavy atom. The molecule has 236 valence electrons. The van der Waals surface area contributed by atoms with Crippen molar-refractivity contribution in [1.29, 1.82) is 0 Å². The number of benzene rings is 3. The number of hydrogen-bond acceptors (Lipinski definition) is 9. The average molecular weight is 659 g/mol. The second-order valence-electron chi connectivity index (χ2n) is 10.8. The number of hydrogen-bond donors (Lipinski definition) is 2. The van der Waals surface area contributed by atoms with E-state index in [-0.39, 0.29) is 39.4 Å². The summed E-state index contributed by atoms with van der Waals surface area (Å²) < 4.78 is 76.8. The fraction of sp³-hybridized carbons (Fsp3) is 0.323. The van der Waals surface area contributed by atoms with Gasteiger partial charge in [0.25, 0.3) is 10.0 Å². The van der Waals surface area contributed by atoms with E-state index in [1.165, 1.54) is 13.0 Å². The maximum Gasteiger partial charge on any atom is 0.303 e. The van der Waals surface area contributed by atoms with Crippen LogP contribution in [-0.4, -0.2) is 50.2 Å². The Kier molecular flexibility index (Phi) is 8.51. The van der Waals surface area contributed by atoms with Crippen LogP contribution >= 0.6 is 11.6 Å². The first-order chi connectivity index (χ1) is 21.5. The van der Waals surface area contributed by atoms with Gasteiger partial charge in [0.05, 0.1) is 16.8 Å². The van der Waals surface area contributed by atoms with Gasteiger partial charge < -0.3 is 19.5 Å². The van der Waals surface area contributed by atoms with Crippen LogP contribution in [0.25, 0.3) is 22.0 Å². The van der Waals surface area contributed by atoms with E-state index in [0.29, 0.717) is 36.5 Å². The van der Waals surface area contributed by atoms with Crippen LogP contribution in [-0.2, 0) is 30.7 Å². The zero-order valence-corrected chi connectivity index (χ0v) is 25.9. The summed E-state index contributed by atoms with van der Waals surface area (Å²) in [7, 11) is -4.51. The van der Waals surface area contributed by atoms with Gasteiger partial charge in [-0.25, -0.2) is 27.2 Å². The van der Waals surface area contributed by atoms with Crippen molar-refractivity contribution >= 4 is 50.1 Å². The Morgan fingerprint density at radius 1 is 1.16 bits per heavy atom. The lowest BCUT2D eigenvalue weighted by molar-refractivity contribution is -0.147. The number of fused-ring (bicyclic) bond motifs is 2. The molecule has 0 spiro atoms. The first-order valence-electron chi connectivity index (χ1n) is 14.3. The molecular weight excluding hydrogens is 630 g/mol. The summed E-state index contributed by atoms with van der Waals surface area (Å²) in [6.45, 7) is 4.32. The van der Waals surface area contributed by atoms with Gasteiger partial charge in [0.1, 0.15) is 23.1 Å². The number of rotatable bonds is 8. The van der Waals surface area contributed by atoms with Crippen molar-refractivity contribution < 1.29 is 36.2 Å². The monoisotopic (exact) mass is 658 g/mol. The zero-order valence-electron chi connectivity index (χ0n) is 24.3. The summed E-state index contributed by atoms with van der Waals surface area (Å²) in [6, 6.07) is 7.95. The molecule has 10 nitrogen and oxygen atoms in total. The molecule has 2 aliphatic rings. The van der Waals surface area contributed by atoms with E-state index >= 15 is 8.78 Å². The van der Waals surface area contributed by atoms with Gasteiger partial charge in [-0.1, -0.05) is 18.5 Å². The fourth-order valence-electron chi connectivity index (χ4n) is 5.55. The van der Waals surface area contributed by atoms with Gasteiger partial charge in [0, 0.05) is 48.3 Å². The number of aryl methyl sites for hydroxylation is 1. The molecular formula is C31H29ClF2N4O6S. The summed E-state index contributed by atoms with van der Waals surface area (Å²) in [6.07, 6.45) is 2.92. The zero-order chi connectivity index (χ0) is 31.9. The number of halogens is 3. The van der Waals surface area contributed by atoms with E-state index in [9.17, 15) is 13.2 Å². The molecule has 2 aliphatic heterocycles. The van der Waals surface area contributed by atoms with Crippen molar-refractivity contribution in [3.8, 4) is 16.9 Å². The van der Waals surface area contributed by atoms with E-state index in [0.717, 1.165) is 36.6 Å². The molecule has 3 aromatic carbocycles. The Labute approximate surface area is 263 Å². The molecule has 0 radical (unpaired) electrons. The van der Waals surface area contributed by atoms with Crippen LogP contribution in [0.5, 0.6) is 5.75 Å². The predicted molar refractivity (Wildman–Crippen MR) is 164 cm³/mol. The van der Waals surface area contributed by atoms with Gasteiger partial charge in [-0.15, -0.1) is 0 Å². The third kappa shape index (κ3) is 6.24. The first kappa shape index (κ1) is 30.9. The summed E-state index contributed by atoms with van der Waals surface area (Å²) in [5.41, 5.74) is 0.929. The number of carbonyl (C=O) groups excluding carboxylic acids is 1. The van der Waals surface area contributed by atoms with Crippen molar-refractivity contribution in [3.05, 3.63) is 70.4 Å². The molecule has 1 aromatic heterocycles. The summed E-state index contributed by atoms with van der Waals surface area (Å²) >= 11 is 6.20. The number of anilines is 2. The second-order valence-corrected chi connectivity index (χ2v) is 12.9. The predicted octanol–water partition coefficient (Wildman–Crippen LogP) is 6.18. The first-order valence-corrected chi connectivity index (χ1v) is 16.2. The highest BCUT2D eigenvalue weighted by Crippen LogP contribution is 2.43. The molecule has 0 aliphatic carbocycles. The largest absolute Gasteiger partial charge is 0.487 e. The van der Waals surface area contributed by atoms with Gasteiger partial charge in [-0.2, -0.15) is 0 Å². The molecule has 3 heterocycles. The number of nitrogens with zero attached hydrogens (tertiary/aromatic N) is 2. The molecule has 2 N–H and O–H groups in total. The number of esters is 1. The van der Waals surface area contributed by atoms with E-state index in [2.05, 4.69) is 20.0 Å². The summed E-state index contributed by atoms with van der Waals surface area (Å²) in [4.78, 5) is 20.2. The fourth-order valence-corrected chi connectivity index (χ4v) is 7.10. The second kappa shape index (κ2) is 12.4. The minimum absolute atomic E-state index is 0.0358. The maximum absolute atomic E-state index is 16.1. The van der Waals surface area contributed by atoms with Crippen molar-refractivity contribution in [2.24, 2.45) is 0 Å².